The van der Waals surface area contributed by atoms with Crippen LogP contribution in [0.4, 0.5) is 0 Å². The second-order valence-corrected chi connectivity index (χ2v) is 8.31. The number of carbonyl (C=O) groups excluding carboxylic acids is 3. The van der Waals surface area contributed by atoms with E-state index in [0.29, 0.717) is 18.5 Å². The van der Waals surface area contributed by atoms with E-state index in [-0.39, 0.29) is 24.3 Å². The van der Waals surface area contributed by atoms with Gasteiger partial charge in [0.05, 0.1) is 0 Å². The van der Waals surface area contributed by atoms with Gasteiger partial charge in [0.2, 0.25) is 11.8 Å². The molecule has 0 spiro atoms. The van der Waals surface area contributed by atoms with Gasteiger partial charge in [-0.05, 0) is 54.5 Å². The first kappa shape index (κ1) is 24.9. The van der Waals surface area contributed by atoms with Crippen molar-refractivity contribution in [2.75, 3.05) is 6.54 Å². The van der Waals surface area contributed by atoms with Crippen LogP contribution in [0, 0.1) is 0 Å². The normalized spacial score (nSPS) is 13.5. The highest BCUT2D eigenvalue weighted by molar-refractivity contribution is 6.24. The quantitative estimate of drug-likeness (QED) is 0.127. The summed E-state index contributed by atoms with van der Waals surface area (Å²) in [7, 11) is 0. The predicted molar refractivity (Wildman–Crippen MR) is 132 cm³/mol. The third-order valence-electron chi connectivity index (χ3n) is 5.42. The van der Waals surface area contributed by atoms with Crippen molar-refractivity contribution >= 4 is 35.4 Å². The van der Waals surface area contributed by atoms with Gasteiger partial charge in [0.25, 0.3) is 5.91 Å². The summed E-state index contributed by atoms with van der Waals surface area (Å²) in [5, 5.41) is 14.3. The molecular weight excluding hydrogens is 430 g/mol. The van der Waals surface area contributed by atoms with E-state index in [1.165, 1.54) is 6.08 Å². The molecule has 1 aliphatic carbocycles. The molecule has 0 heterocycles. The minimum atomic E-state index is -0.397. The standard InChI is InChI=1S/C27H31N3O4/c31-25(28-18-6-2-5-9-26(32)30-34)17-14-20-10-12-21(13-11-20)19-24(22-7-3-1-4-8-22)27(33)29-23-15-16-23/h1,3-4,7-8,10-14,17,19,23,34H,2,5-6,9,15-16,18H2,(H,28,31)(H,29,33)(H,30,32)/b17-14+,24-19+. The first-order chi connectivity index (χ1) is 16.5. The van der Waals surface area contributed by atoms with E-state index in [0.717, 1.165) is 42.4 Å². The molecule has 1 saturated carbocycles. The maximum Gasteiger partial charge on any atom is 0.252 e. The average Bonchev–Trinajstić information content (AvgIpc) is 3.68. The number of benzene rings is 2. The highest BCUT2D eigenvalue weighted by Crippen LogP contribution is 2.23. The van der Waals surface area contributed by atoms with Crippen molar-refractivity contribution in [1.82, 2.24) is 16.1 Å². The lowest BCUT2D eigenvalue weighted by Crippen LogP contribution is -2.26. The van der Waals surface area contributed by atoms with Crippen molar-refractivity contribution in [2.45, 2.75) is 44.6 Å². The Labute approximate surface area is 199 Å². The zero-order valence-corrected chi connectivity index (χ0v) is 19.1. The summed E-state index contributed by atoms with van der Waals surface area (Å²) in [6, 6.07) is 17.6. The lowest BCUT2D eigenvalue weighted by atomic mass is 10.0. The Morgan fingerprint density at radius 2 is 1.62 bits per heavy atom. The molecular formula is C27H31N3O4. The number of amides is 3. The topological polar surface area (TPSA) is 108 Å². The molecule has 34 heavy (non-hydrogen) atoms. The Balaban J connectivity index is 1.52. The van der Waals surface area contributed by atoms with Gasteiger partial charge in [0.15, 0.2) is 0 Å². The second kappa shape index (κ2) is 13.1. The molecule has 0 bridgehead atoms. The summed E-state index contributed by atoms with van der Waals surface area (Å²) >= 11 is 0. The fourth-order valence-electron chi connectivity index (χ4n) is 3.34. The maximum absolute atomic E-state index is 12.8. The number of unbranched alkanes of at least 4 members (excludes halogenated alkanes) is 2. The number of hydrogen-bond donors (Lipinski definition) is 4. The molecule has 7 heteroatoms. The average molecular weight is 462 g/mol. The van der Waals surface area contributed by atoms with Gasteiger partial charge in [-0.15, -0.1) is 0 Å². The van der Waals surface area contributed by atoms with Crippen molar-refractivity contribution in [1.29, 1.82) is 0 Å². The molecule has 1 fully saturated rings. The van der Waals surface area contributed by atoms with Gasteiger partial charge in [0.1, 0.15) is 0 Å². The lowest BCUT2D eigenvalue weighted by molar-refractivity contribution is -0.129. The van der Waals surface area contributed by atoms with Crippen molar-refractivity contribution in [2.24, 2.45) is 0 Å². The number of hydroxylamine groups is 1. The zero-order chi connectivity index (χ0) is 24.2. The second-order valence-electron chi connectivity index (χ2n) is 8.31. The summed E-state index contributed by atoms with van der Waals surface area (Å²) in [6.45, 7) is 0.527. The van der Waals surface area contributed by atoms with Crippen LogP contribution in [0.15, 0.2) is 60.7 Å². The Morgan fingerprint density at radius 3 is 2.29 bits per heavy atom. The first-order valence-corrected chi connectivity index (χ1v) is 11.6. The molecule has 0 saturated heterocycles. The van der Waals surface area contributed by atoms with Gasteiger partial charge < -0.3 is 10.6 Å². The molecule has 2 aromatic rings. The van der Waals surface area contributed by atoms with E-state index >= 15 is 0 Å². The molecule has 4 N–H and O–H groups in total. The van der Waals surface area contributed by atoms with Crippen LogP contribution in [-0.2, 0) is 14.4 Å². The van der Waals surface area contributed by atoms with E-state index in [4.69, 9.17) is 5.21 Å². The smallest absolute Gasteiger partial charge is 0.252 e. The fraction of sp³-hybridized carbons (Fsp3) is 0.296. The number of hydrogen-bond acceptors (Lipinski definition) is 4. The van der Waals surface area contributed by atoms with Crippen molar-refractivity contribution in [3.05, 3.63) is 77.4 Å². The molecule has 3 rings (SSSR count). The van der Waals surface area contributed by atoms with Crippen LogP contribution in [0.1, 0.15) is 55.2 Å². The van der Waals surface area contributed by atoms with Crippen LogP contribution < -0.4 is 16.1 Å². The fourth-order valence-corrected chi connectivity index (χ4v) is 3.34. The Morgan fingerprint density at radius 1 is 0.912 bits per heavy atom. The van der Waals surface area contributed by atoms with Gasteiger partial charge in [-0.1, -0.05) is 61.0 Å². The molecule has 0 aromatic heterocycles. The molecule has 1 aliphatic rings. The summed E-state index contributed by atoms with van der Waals surface area (Å²) in [5.41, 5.74) is 4.89. The minimum Gasteiger partial charge on any atom is -0.353 e. The largest absolute Gasteiger partial charge is 0.353 e. The molecule has 2 aromatic carbocycles. The van der Waals surface area contributed by atoms with Crippen LogP contribution in [0.25, 0.3) is 17.7 Å². The van der Waals surface area contributed by atoms with Crippen LogP contribution in [0.2, 0.25) is 0 Å². The van der Waals surface area contributed by atoms with Gasteiger partial charge in [0, 0.05) is 30.7 Å². The van der Waals surface area contributed by atoms with Gasteiger partial charge in [-0.25, -0.2) is 5.48 Å². The summed E-state index contributed by atoms with van der Waals surface area (Å²) in [5.74, 6) is -0.641. The van der Waals surface area contributed by atoms with E-state index < -0.39 is 5.91 Å². The number of nitrogens with one attached hydrogen (secondary N) is 3. The molecule has 178 valence electrons. The summed E-state index contributed by atoms with van der Waals surface area (Å²) < 4.78 is 0. The molecule has 0 aliphatic heterocycles. The van der Waals surface area contributed by atoms with E-state index in [1.807, 2.05) is 60.7 Å². The molecule has 7 nitrogen and oxygen atoms in total. The third-order valence-corrected chi connectivity index (χ3v) is 5.42. The SMILES string of the molecule is O=C(/C=C/c1ccc(/C=C(/C(=O)NC2CC2)c2ccccc2)cc1)NCCCCCC(=O)NO. The highest BCUT2D eigenvalue weighted by Gasteiger charge is 2.25. The van der Waals surface area contributed by atoms with Crippen molar-refractivity contribution in [3.63, 3.8) is 0 Å². The van der Waals surface area contributed by atoms with Gasteiger partial charge in [-0.2, -0.15) is 0 Å². The maximum atomic E-state index is 12.8. The van der Waals surface area contributed by atoms with E-state index in [2.05, 4.69) is 10.6 Å². The summed E-state index contributed by atoms with van der Waals surface area (Å²) in [4.78, 5) is 35.7. The van der Waals surface area contributed by atoms with Gasteiger partial charge in [-0.3, -0.25) is 19.6 Å². The van der Waals surface area contributed by atoms with Crippen LogP contribution >= 0.6 is 0 Å². The molecule has 3 amide bonds. The summed E-state index contributed by atoms with van der Waals surface area (Å²) in [6.07, 6.45) is 9.66. The Bertz CT molecular complexity index is 1030. The molecule has 0 radical (unpaired) electrons. The van der Waals surface area contributed by atoms with E-state index in [9.17, 15) is 14.4 Å². The van der Waals surface area contributed by atoms with Crippen LogP contribution in [-0.4, -0.2) is 35.5 Å². The number of rotatable bonds is 12. The minimum absolute atomic E-state index is 0.0639. The van der Waals surface area contributed by atoms with Crippen LogP contribution in [0.5, 0.6) is 0 Å². The van der Waals surface area contributed by atoms with Gasteiger partial charge >= 0.3 is 0 Å². The number of carbonyl (C=O) groups is 3. The zero-order valence-electron chi connectivity index (χ0n) is 19.1. The highest BCUT2D eigenvalue weighted by atomic mass is 16.5. The van der Waals surface area contributed by atoms with Crippen molar-refractivity contribution < 1.29 is 19.6 Å². The Hall–Kier alpha value is -3.71. The lowest BCUT2D eigenvalue weighted by Gasteiger charge is -2.09. The monoisotopic (exact) mass is 461 g/mol. The third kappa shape index (κ3) is 8.67. The molecule has 0 unspecified atom stereocenters. The molecule has 0 atom stereocenters. The predicted octanol–water partition coefficient (Wildman–Crippen LogP) is 3.70. The first-order valence-electron chi connectivity index (χ1n) is 11.6. The van der Waals surface area contributed by atoms with E-state index in [1.54, 1.807) is 11.6 Å². The van der Waals surface area contributed by atoms with Crippen molar-refractivity contribution in [3.8, 4) is 0 Å². The Kier molecular flexibility index (Phi) is 9.61. The van der Waals surface area contributed by atoms with Crippen LogP contribution in [0.3, 0.4) is 0 Å².